The first-order chi connectivity index (χ1) is 25.8. The molecular formula is C52H41N. The highest BCUT2D eigenvalue weighted by molar-refractivity contribution is 6.08. The van der Waals surface area contributed by atoms with Gasteiger partial charge in [0.15, 0.2) is 0 Å². The quantitative estimate of drug-likeness (QED) is 0.175. The minimum Gasteiger partial charge on any atom is -0.310 e. The van der Waals surface area contributed by atoms with Crippen LogP contribution < -0.4 is 4.90 Å². The first kappa shape index (κ1) is 31.5. The monoisotopic (exact) mass is 679 g/mol. The second kappa shape index (κ2) is 11.7. The van der Waals surface area contributed by atoms with E-state index in [1.165, 1.54) is 83.2 Å². The van der Waals surface area contributed by atoms with Crippen molar-refractivity contribution >= 4 is 27.8 Å². The second-order valence-corrected chi connectivity index (χ2v) is 15.8. The Balaban J connectivity index is 1.26. The predicted molar refractivity (Wildman–Crippen MR) is 225 cm³/mol. The van der Waals surface area contributed by atoms with Crippen molar-refractivity contribution in [3.8, 4) is 44.5 Å². The summed E-state index contributed by atoms with van der Waals surface area (Å²) in [6, 6.07) is 65.3. The molecule has 0 fully saturated rings. The molecule has 0 heterocycles. The van der Waals surface area contributed by atoms with Crippen molar-refractivity contribution in [2.75, 3.05) is 4.90 Å². The third-order valence-electron chi connectivity index (χ3n) is 12.0. The molecule has 0 spiro atoms. The number of nitrogens with zero attached hydrogens (tertiary/aromatic N) is 1. The molecule has 0 amide bonds. The Bertz CT molecular complexity index is 2700. The number of benzene rings is 8. The van der Waals surface area contributed by atoms with Crippen LogP contribution in [0, 0.1) is 0 Å². The number of anilines is 3. The molecule has 0 saturated heterocycles. The Morgan fingerprint density at radius 1 is 0.340 bits per heavy atom. The van der Waals surface area contributed by atoms with E-state index in [9.17, 15) is 0 Å². The van der Waals surface area contributed by atoms with Crippen molar-refractivity contribution in [2.45, 2.75) is 38.5 Å². The van der Waals surface area contributed by atoms with E-state index < -0.39 is 0 Å². The van der Waals surface area contributed by atoms with Crippen molar-refractivity contribution in [3.05, 3.63) is 198 Å². The molecule has 2 aliphatic rings. The average Bonchev–Trinajstić information content (AvgIpc) is 3.58. The summed E-state index contributed by atoms with van der Waals surface area (Å²) in [5.41, 5.74) is 19.0. The van der Waals surface area contributed by atoms with E-state index in [4.69, 9.17) is 0 Å². The van der Waals surface area contributed by atoms with E-state index in [-0.39, 0.29) is 10.8 Å². The molecule has 8 aromatic carbocycles. The molecule has 254 valence electrons. The molecule has 0 aliphatic heterocycles. The molecule has 0 atom stereocenters. The zero-order valence-electron chi connectivity index (χ0n) is 30.7. The van der Waals surface area contributed by atoms with E-state index >= 15 is 0 Å². The Labute approximate surface area is 312 Å². The zero-order chi connectivity index (χ0) is 35.9. The summed E-state index contributed by atoms with van der Waals surface area (Å²) < 4.78 is 0. The van der Waals surface area contributed by atoms with Gasteiger partial charge in [0.25, 0.3) is 0 Å². The van der Waals surface area contributed by atoms with Crippen molar-refractivity contribution in [3.63, 3.8) is 0 Å². The number of hydrogen-bond acceptors (Lipinski definition) is 1. The standard InChI is InChI=1S/C52H41N/c1-51(2)46-21-13-11-19-40(46)42-30-28-39(32-48(42)51)53(38-26-23-36(24-27-38)34-15-7-5-8-16-34)49-33-45-41-20-12-14-22-47(41)52(3,4)50(45)44-31-37(25-29-43(44)49)35-17-9-6-10-18-35/h5-33H,1-4H3. The normalized spacial score (nSPS) is 14.3. The van der Waals surface area contributed by atoms with Crippen LogP contribution in [-0.4, -0.2) is 0 Å². The van der Waals surface area contributed by atoms with Gasteiger partial charge in [0.1, 0.15) is 0 Å². The van der Waals surface area contributed by atoms with Gasteiger partial charge in [-0.1, -0.05) is 167 Å². The lowest BCUT2D eigenvalue weighted by molar-refractivity contribution is 0.660. The summed E-state index contributed by atoms with van der Waals surface area (Å²) in [4.78, 5) is 2.51. The molecule has 0 N–H and O–H groups in total. The summed E-state index contributed by atoms with van der Waals surface area (Å²) in [5, 5.41) is 2.55. The van der Waals surface area contributed by atoms with Gasteiger partial charge >= 0.3 is 0 Å². The van der Waals surface area contributed by atoms with Crippen LogP contribution in [0.4, 0.5) is 17.1 Å². The summed E-state index contributed by atoms with van der Waals surface area (Å²) in [5.74, 6) is 0. The third-order valence-corrected chi connectivity index (χ3v) is 12.0. The first-order valence-electron chi connectivity index (χ1n) is 18.8. The Hall–Kier alpha value is -6.18. The second-order valence-electron chi connectivity index (χ2n) is 15.8. The fraction of sp³-hybridized carbons (Fsp3) is 0.115. The van der Waals surface area contributed by atoms with Crippen LogP contribution in [0.5, 0.6) is 0 Å². The van der Waals surface area contributed by atoms with Gasteiger partial charge in [0.2, 0.25) is 0 Å². The van der Waals surface area contributed by atoms with Gasteiger partial charge < -0.3 is 4.90 Å². The highest BCUT2D eigenvalue weighted by atomic mass is 15.1. The Kier molecular flexibility index (Phi) is 6.94. The van der Waals surface area contributed by atoms with Gasteiger partial charge in [0, 0.05) is 27.6 Å². The van der Waals surface area contributed by atoms with Crippen LogP contribution in [0.25, 0.3) is 55.3 Å². The Morgan fingerprint density at radius 3 is 1.53 bits per heavy atom. The molecule has 0 radical (unpaired) electrons. The number of rotatable bonds is 5. The van der Waals surface area contributed by atoms with Gasteiger partial charge in [-0.3, -0.25) is 0 Å². The molecule has 2 aliphatic carbocycles. The lowest BCUT2D eigenvalue weighted by Gasteiger charge is -2.31. The first-order valence-corrected chi connectivity index (χ1v) is 18.8. The van der Waals surface area contributed by atoms with E-state index in [1.807, 2.05) is 0 Å². The van der Waals surface area contributed by atoms with E-state index in [2.05, 4.69) is 209 Å². The minimum absolute atomic E-state index is 0.113. The maximum absolute atomic E-state index is 2.51. The molecule has 8 aromatic rings. The summed E-state index contributed by atoms with van der Waals surface area (Å²) in [6.45, 7) is 9.53. The van der Waals surface area contributed by atoms with Crippen LogP contribution >= 0.6 is 0 Å². The van der Waals surface area contributed by atoms with Crippen molar-refractivity contribution < 1.29 is 0 Å². The number of hydrogen-bond donors (Lipinski definition) is 0. The van der Waals surface area contributed by atoms with Gasteiger partial charge in [0.05, 0.1) is 5.69 Å². The fourth-order valence-electron chi connectivity index (χ4n) is 9.38. The largest absolute Gasteiger partial charge is 0.310 e. The minimum atomic E-state index is -0.149. The lowest BCUT2D eigenvalue weighted by Crippen LogP contribution is -2.18. The molecular weight excluding hydrogens is 639 g/mol. The van der Waals surface area contributed by atoms with Gasteiger partial charge in [-0.05, 0) is 109 Å². The van der Waals surface area contributed by atoms with E-state index in [0.29, 0.717) is 0 Å². The summed E-state index contributed by atoms with van der Waals surface area (Å²) >= 11 is 0. The topological polar surface area (TPSA) is 3.24 Å². The van der Waals surface area contributed by atoms with Crippen LogP contribution in [0.15, 0.2) is 176 Å². The van der Waals surface area contributed by atoms with Crippen LogP contribution in [-0.2, 0) is 10.8 Å². The van der Waals surface area contributed by atoms with Gasteiger partial charge in [-0.25, -0.2) is 0 Å². The molecule has 0 unspecified atom stereocenters. The maximum atomic E-state index is 2.51. The maximum Gasteiger partial charge on any atom is 0.0546 e. The smallest absolute Gasteiger partial charge is 0.0546 e. The summed E-state index contributed by atoms with van der Waals surface area (Å²) in [6.07, 6.45) is 0. The average molecular weight is 680 g/mol. The molecule has 0 aromatic heterocycles. The Morgan fingerprint density at radius 2 is 0.849 bits per heavy atom. The summed E-state index contributed by atoms with van der Waals surface area (Å²) in [7, 11) is 0. The van der Waals surface area contributed by atoms with E-state index in [0.717, 1.165) is 11.4 Å². The van der Waals surface area contributed by atoms with Gasteiger partial charge in [-0.2, -0.15) is 0 Å². The van der Waals surface area contributed by atoms with Crippen LogP contribution in [0.1, 0.15) is 49.9 Å². The zero-order valence-corrected chi connectivity index (χ0v) is 30.7. The van der Waals surface area contributed by atoms with E-state index in [1.54, 1.807) is 0 Å². The fourth-order valence-corrected chi connectivity index (χ4v) is 9.38. The number of fused-ring (bicyclic) bond motifs is 8. The molecule has 0 bridgehead atoms. The van der Waals surface area contributed by atoms with Crippen molar-refractivity contribution in [1.29, 1.82) is 0 Å². The predicted octanol–water partition coefficient (Wildman–Crippen LogP) is 14.3. The third kappa shape index (κ3) is 4.77. The lowest BCUT2D eigenvalue weighted by atomic mass is 9.79. The molecule has 1 heteroatoms. The van der Waals surface area contributed by atoms with Crippen molar-refractivity contribution in [1.82, 2.24) is 0 Å². The molecule has 0 saturated carbocycles. The van der Waals surface area contributed by atoms with Gasteiger partial charge in [-0.15, -0.1) is 0 Å². The van der Waals surface area contributed by atoms with Crippen LogP contribution in [0.3, 0.4) is 0 Å². The molecule has 10 rings (SSSR count). The highest BCUT2D eigenvalue weighted by Gasteiger charge is 2.39. The SMILES string of the molecule is CC1(C)c2ccccc2-c2ccc(N(c3ccc(-c4ccccc4)cc3)c3cc4c(c5cc(-c6ccccc6)ccc35)C(C)(C)c3ccccc3-4)cc21. The van der Waals surface area contributed by atoms with Crippen LogP contribution in [0.2, 0.25) is 0 Å². The highest BCUT2D eigenvalue weighted by Crippen LogP contribution is 2.56. The molecule has 1 nitrogen and oxygen atoms in total. The van der Waals surface area contributed by atoms with Crippen molar-refractivity contribution in [2.24, 2.45) is 0 Å². The molecule has 53 heavy (non-hydrogen) atoms.